The first-order chi connectivity index (χ1) is 8.83. The highest BCUT2D eigenvalue weighted by atomic mass is 16.5. The zero-order valence-electron chi connectivity index (χ0n) is 11.5. The van der Waals surface area contributed by atoms with Crippen LogP contribution in [0.15, 0.2) is 4.52 Å². The van der Waals surface area contributed by atoms with E-state index in [2.05, 4.69) is 34.2 Å². The molecule has 18 heavy (non-hydrogen) atoms. The number of nitrogens with one attached hydrogen (secondary N) is 1. The van der Waals surface area contributed by atoms with Crippen LogP contribution in [0.25, 0.3) is 0 Å². The minimum absolute atomic E-state index is 0.272. The number of nitrogens with zero attached hydrogens (tertiary/aromatic N) is 3. The second kappa shape index (κ2) is 6.85. The van der Waals surface area contributed by atoms with Crippen molar-refractivity contribution in [1.29, 1.82) is 0 Å². The molecule has 0 amide bonds. The Morgan fingerprint density at radius 1 is 1.33 bits per heavy atom. The fourth-order valence-electron chi connectivity index (χ4n) is 2.37. The van der Waals surface area contributed by atoms with Gasteiger partial charge in [0.25, 0.3) is 0 Å². The van der Waals surface area contributed by atoms with Gasteiger partial charge in [0, 0.05) is 13.0 Å². The minimum Gasteiger partial charge on any atom is -0.338 e. The van der Waals surface area contributed by atoms with Crippen molar-refractivity contribution in [2.45, 2.75) is 45.6 Å². The van der Waals surface area contributed by atoms with Crippen LogP contribution in [0.4, 0.5) is 0 Å². The van der Waals surface area contributed by atoms with Gasteiger partial charge < -0.3 is 14.7 Å². The molecule has 1 aromatic heterocycles. The summed E-state index contributed by atoms with van der Waals surface area (Å²) in [5.41, 5.74) is 0. The number of likely N-dealkylation sites (N-methyl/N-ethyl adjacent to an activating group) is 1. The van der Waals surface area contributed by atoms with Gasteiger partial charge >= 0.3 is 0 Å². The lowest BCUT2D eigenvalue weighted by atomic mass is 10.1. The van der Waals surface area contributed by atoms with Crippen LogP contribution in [0.5, 0.6) is 0 Å². The molecule has 1 saturated heterocycles. The van der Waals surface area contributed by atoms with Crippen LogP contribution >= 0.6 is 0 Å². The first kappa shape index (κ1) is 13.5. The van der Waals surface area contributed by atoms with Gasteiger partial charge in [-0.3, -0.25) is 0 Å². The van der Waals surface area contributed by atoms with Gasteiger partial charge in [0.15, 0.2) is 5.82 Å². The summed E-state index contributed by atoms with van der Waals surface area (Å²) in [6.07, 6.45) is 4.48. The Balaban J connectivity index is 1.85. The molecule has 0 unspecified atom stereocenters. The van der Waals surface area contributed by atoms with Crippen LogP contribution in [0.2, 0.25) is 0 Å². The zero-order valence-corrected chi connectivity index (χ0v) is 11.5. The summed E-state index contributed by atoms with van der Waals surface area (Å²) in [6, 6.07) is 0.272. The topological polar surface area (TPSA) is 54.2 Å². The Morgan fingerprint density at radius 2 is 2.17 bits per heavy atom. The fourth-order valence-corrected chi connectivity index (χ4v) is 2.37. The molecular formula is C13H24N4O. The third-order valence-corrected chi connectivity index (χ3v) is 3.64. The zero-order chi connectivity index (χ0) is 12.8. The number of rotatable bonds is 6. The van der Waals surface area contributed by atoms with Crippen molar-refractivity contribution in [3.63, 3.8) is 0 Å². The summed E-state index contributed by atoms with van der Waals surface area (Å²) in [5, 5.41) is 7.51. The molecule has 0 spiro atoms. The van der Waals surface area contributed by atoms with E-state index in [9.17, 15) is 0 Å². The Hall–Kier alpha value is -0.940. The third-order valence-electron chi connectivity index (χ3n) is 3.64. The first-order valence-electron chi connectivity index (χ1n) is 7.11. The van der Waals surface area contributed by atoms with E-state index in [1.165, 1.54) is 12.8 Å². The van der Waals surface area contributed by atoms with Gasteiger partial charge in [0.1, 0.15) is 0 Å². The summed E-state index contributed by atoms with van der Waals surface area (Å²) < 4.78 is 5.36. The Kier molecular flexibility index (Phi) is 5.13. The van der Waals surface area contributed by atoms with Gasteiger partial charge in [0.2, 0.25) is 5.89 Å². The normalized spacial score (nSPS) is 20.5. The van der Waals surface area contributed by atoms with Crippen molar-refractivity contribution >= 4 is 0 Å². The molecule has 1 fully saturated rings. The van der Waals surface area contributed by atoms with Gasteiger partial charge in [-0.2, -0.15) is 4.98 Å². The van der Waals surface area contributed by atoms with Gasteiger partial charge in [-0.1, -0.05) is 25.4 Å². The summed E-state index contributed by atoms with van der Waals surface area (Å²) >= 11 is 0. The second-order valence-electron chi connectivity index (χ2n) is 4.83. The van der Waals surface area contributed by atoms with Crippen LogP contribution < -0.4 is 5.32 Å². The SMILES string of the molecule is CCN(CC)CCc1noc([C@@H]2CCCCN2)n1. The van der Waals surface area contributed by atoms with Crippen LogP contribution in [0, 0.1) is 0 Å². The summed E-state index contributed by atoms with van der Waals surface area (Å²) in [6.45, 7) is 8.57. The largest absolute Gasteiger partial charge is 0.338 e. The van der Waals surface area contributed by atoms with Crippen LogP contribution in [-0.2, 0) is 6.42 Å². The lowest BCUT2D eigenvalue weighted by molar-refractivity contribution is 0.290. The fraction of sp³-hybridized carbons (Fsp3) is 0.846. The summed E-state index contributed by atoms with van der Waals surface area (Å²) in [4.78, 5) is 6.88. The molecule has 0 saturated carbocycles. The van der Waals surface area contributed by atoms with E-state index in [1.54, 1.807) is 0 Å². The van der Waals surface area contributed by atoms with E-state index in [4.69, 9.17) is 4.52 Å². The molecule has 1 atom stereocenters. The van der Waals surface area contributed by atoms with Crippen LogP contribution in [0.3, 0.4) is 0 Å². The lowest BCUT2D eigenvalue weighted by Gasteiger charge is -2.19. The van der Waals surface area contributed by atoms with E-state index in [0.717, 1.165) is 50.7 Å². The van der Waals surface area contributed by atoms with E-state index >= 15 is 0 Å². The predicted octanol–water partition coefficient (Wildman–Crippen LogP) is 1.77. The van der Waals surface area contributed by atoms with E-state index in [1.807, 2.05) is 0 Å². The Labute approximate surface area is 109 Å². The van der Waals surface area contributed by atoms with Gasteiger partial charge in [-0.25, -0.2) is 0 Å². The molecule has 1 aliphatic heterocycles. The maximum atomic E-state index is 5.36. The molecule has 102 valence electrons. The quantitative estimate of drug-likeness (QED) is 0.836. The standard InChI is InChI=1S/C13H24N4O/c1-3-17(4-2)10-8-12-15-13(18-16-12)11-7-5-6-9-14-11/h11,14H,3-10H2,1-2H3/t11-/m0/s1. The van der Waals surface area contributed by atoms with E-state index in [-0.39, 0.29) is 6.04 Å². The molecule has 0 aliphatic carbocycles. The maximum Gasteiger partial charge on any atom is 0.243 e. The Bertz CT molecular complexity index is 343. The number of piperidine rings is 1. The highest BCUT2D eigenvalue weighted by Crippen LogP contribution is 2.21. The first-order valence-corrected chi connectivity index (χ1v) is 7.11. The highest BCUT2D eigenvalue weighted by molar-refractivity contribution is 4.94. The van der Waals surface area contributed by atoms with Gasteiger partial charge in [-0.05, 0) is 32.5 Å². The molecule has 0 radical (unpaired) electrons. The molecule has 1 aliphatic rings. The maximum absolute atomic E-state index is 5.36. The average molecular weight is 252 g/mol. The molecule has 1 N–H and O–H groups in total. The van der Waals surface area contributed by atoms with Crippen molar-refractivity contribution in [2.24, 2.45) is 0 Å². The van der Waals surface area contributed by atoms with E-state index in [0.29, 0.717) is 0 Å². The lowest BCUT2D eigenvalue weighted by Crippen LogP contribution is -2.27. The van der Waals surface area contributed by atoms with Crippen LogP contribution in [-0.4, -0.2) is 41.2 Å². The van der Waals surface area contributed by atoms with Gasteiger partial charge in [-0.15, -0.1) is 0 Å². The van der Waals surface area contributed by atoms with E-state index < -0.39 is 0 Å². The van der Waals surface area contributed by atoms with Crippen molar-refractivity contribution < 1.29 is 4.52 Å². The summed E-state index contributed by atoms with van der Waals surface area (Å²) in [7, 11) is 0. The summed E-state index contributed by atoms with van der Waals surface area (Å²) in [5.74, 6) is 1.61. The molecule has 0 aromatic carbocycles. The number of hydrogen-bond donors (Lipinski definition) is 1. The average Bonchev–Trinajstić information content (AvgIpc) is 2.90. The molecular weight excluding hydrogens is 228 g/mol. The molecule has 5 heteroatoms. The Morgan fingerprint density at radius 3 is 2.83 bits per heavy atom. The molecule has 1 aromatic rings. The minimum atomic E-state index is 0.272. The smallest absolute Gasteiger partial charge is 0.243 e. The molecule has 2 rings (SSSR count). The third kappa shape index (κ3) is 3.53. The van der Waals surface area contributed by atoms with Crippen molar-refractivity contribution in [2.75, 3.05) is 26.2 Å². The number of aromatic nitrogens is 2. The van der Waals surface area contributed by atoms with Gasteiger partial charge in [0.05, 0.1) is 6.04 Å². The second-order valence-corrected chi connectivity index (χ2v) is 4.83. The molecule has 0 bridgehead atoms. The highest BCUT2D eigenvalue weighted by Gasteiger charge is 2.20. The van der Waals surface area contributed by atoms with Crippen molar-refractivity contribution in [3.8, 4) is 0 Å². The number of hydrogen-bond acceptors (Lipinski definition) is 5. The predicted molar refractivity (Wildman–Crippen MR) is 70.4 cm³/mol. The molecule has 2 heterocycles. The molecule has 5 nitrogen and oxygen atoms in total. The monoisotopic (exact) mass is 252 g/mol. The van der Waals surface area contributed by atoms with Crippen LogP contribution in [0.1, 0.15) is 50.9 Å². The van der Waals surface area contributed by atoms with Crippen molar-refractivity contribution in [1.82, 2.24) is 20.4 Å². The van der Waals surface area contributed by atoms with Crippen molar-refractivity contribution in [3.05, 3.63) is 11.7 Å².